The summed E-state index contributed by atoms with van der Waals surface area (Å²) in [4.78, 5) is 30.5. The predicted molar refractivity (Wildman–Crippen MR) is 122 cm³/mol. The zero-order chi connectivity index (χ0) is 22.5. The van der Waals surface area contributed by atoms with Crippen molar-refractivity contribution in [2.75, 3.05) is 12.0 Å². The molecule has 1 heterocycles. The fraction of sp³-hybridized carbons (Fsp3) is 0.160. The Kier molecular flexibility index (Phi) is 6.26. The Morgan fingerprint density at radius 1 is 1.03 bits per heavy atom. The van der Waals surface area contributed by atoms with Gasteiger partial charge in [0.15, 0.2) is 5.82 Å². The molecule has 1 amide bonds. The molecule has 3 aromatic carbocycles. The van der Waals surface area contributed by atoms with Gasteiger partial charge in [-0.25, -0.2) is 9.37 Å². The minimum absolute atomic E-state index is 0.0136. The number of fused-ring (bicyclic) bond motifs is 1. The zero-order valence-electron chi connectivity index (χ0n) is 17.5. The summed E-state index contributed by atoms with van der Waals surface area (Å²) in [6.07, 6.45) is 1.97. The summed E-state index contributed by atoms with van der Waals surface area (Å²) in [6, 6.07) is 19.3. The van der Waals surface area contributed by atoms with Crippen LogP contribution in [-0.2, 0) is 0 Å². The predicted octanol–water partition coefficient (Wildman–Crippen LogP) is 4.77. The van der Waals surface area contributed by atoms with Crippen LogP contribution in [0.25, 0.3) is 22.3 Å². The minimum atomic E-state index is -0.550. The van der Waals surface area contributed by atoms with E-state index in [2.05, 4.69) is 17.3 Å². The number of unbranched alkanes of at least 4 members (excludes halogenated alkanes) is 1. The van der Waals surface area contributed by atoms with Crippen molar-refractivity contribution in [2.45, 2.75) is 19.8 Å². The van der Waals surface area contributed by atoms with E-state index in [1.165, 1.54) is 12.1 Å². The number of carbonyl (C=O) groups is 1. The molecule has 7 heteroatoms. The lowest BCUT2D eigenvalue weighted by molar-refractivity contribution is 0.101. The Bertz CT molecular complexity index is 1320. The van der Waals surface area contributed by atoms with Crippen molar-refractivity contribution in [3.63, 3.8) is 0 Å². The van der Waals surface area contributed by atoms with Gasteiger partial charge in [-0.1, -0.05) is 37.6 Å². The van der Waals surface area contributed by atoms with Gasteiger partial charge in [-0.15, -0.1) is 0 Å². The van der Waals surface area contributed by atoms with Crippen molar-refractivity contribution in [1.29, 1.82) is 0 Å². The third-order valence-corrected chi connectivity index (χ3v) is 4.99. The van der Waals surface area contributed by atoms with Gasteiger partial charge in [-0.2, -0.15) is 4.68 Å². The number of ether oxygens (including phenoxy) is 1. The first-order valence-electron chi connectivity index (χ1n) is 10.4. The number of nitrogens with one attached hydrogen (secondary N) is 1. The number of carbonyl (C=O) groups excluding carboxylic acids is 1. The molecule has 0 radical (unpaired) electrons. The molecule has 0 saturated heterocycles. The monoisotopic (exact) mass is 431 g/mol. The van der Waals surface area contributed by atoms with Crippen molar-refractivity contribution in [3.05, 3.63) is 94.5 Å². The van der Waals surface area contributed by atoms with E-state index in [0.29, 0.717) is 28.8 Å². The highest BCUT2D eigenvalue weighted by Gasteiger charge is 2.18. The Morgan fingerprint density at radius 3 is 2.50 bits per heavy atom. The molecule has 0 saturated carbocycles. The highest BCUT2D eigenvalue weighted by atomic mass is 19.1. The molecule has 32 heavy (non-hydrogen) atoms. The number of aromatic nitrogens is 2. The quantitative estimate of drug-likeness (QED) is 0.428. The van der Waals surface area contributed by atoms with Crippen LogP contribution in [0.2, 0.25) is 0 Å². The molecule has 0 aliphatic heterocycles. The lowest BCUT2D eigenvalue weighted by Crippen LogP contribution is -2.35. The summed E-state index contributed by atoms with van der Waals surface area (Å²) in [7, 11) is 0. The maximum Gasteiger partial charge on any atom is 0.280 e. The molecule has 0 atom stereocenters. The van der Waals surface area contributed by atoms with Gasteiger partial charge in [0.25, 0.3) is 11.5 Å². The molecule has 0 spiro atoms. The first-order chi connectivity index (χ1) is 15.6. The third kappa shape index (κ3) is 4.37. The Hall–Kier alpha value is -4.00. The van der Waals surface area contributed by atoms with Crippen molar-refractivity contribution >= 4 is 16.8 Å². The SMILES string of the molecule is CCCCOc1ccc(C(=O)Nn2c(-c3ccccc3F)nc3ccccc3c2=O)cc1. The molecule has 0 aliphatic carbocycles. The van der Waals surface area contributed by atoms with Crippen LogP contribution in [0.4, 0.5) is 4.39 Å². The Balaban J connectivity index is 1.71. The number of benzene rings is 3. The van der Waals surface area contributed by atoms with Crippen LogP contribution in [0, 0.1) is 5.82 Å². The fourth-order valence-electron chi connectivity index (χ4n) is 3.26. The topological polar surface area (TPSA) is 73.2 Å². The van der Waals surface area contributed by atoms with Crippen molar-refractivity contribution < 1.29 is 13.9 Å². The summed E-state index contributed by atoms with van der Waals surface area (Å²) in [5.41, 5.74) is 2.93. The summed E-state index contributed by atoms with van der Waals surface area (Å²) in [5, 5.41) is 0.313. The minimum Gasteiger partial charge on any atom is -0.494 e. The molecule has 162 valence electrons. The number of nitrogens with zero attached hydrogens (tertiary/aromatic N) is 2. The molecular formula is C25H22FN3O3. The van der Waals surface area contributed by atoms with Gasteiger partial charge in [0.1, 0.15) is 11.6 Å². The Labute approximate surface area is 184 Å². The van der Waals surface area contributed by atoms with E-state index in [4.69, 9.17) is 4.74 Å². The first-order valence-corrected chi connectivity index (χ1v) is 10.4. The van der Waals surface area contributed by atoms with Crippen molar-refractivity contribution in [2.24, 2.45) is 0 Å². The molecule has 1 aromatic heterocycles. The zero-order valence-corrected chi connectivity index (χ0v) is 17.5. The van der Waals surface area contributed by atoms with Gasteiger partial charge in [-0.05, 0) is 55.0 Å². The molecule has 0 aliphatic rings. The number of amides is 1. The molecular weight excluding hydrogens is 409 g/mol. The van der Waals surface area contributed by atoms with E-state index in [1.807, 2.05) is 0 Å². The standard InChI is InChI=1S/C25H22FN3O3/c1-2-3-16-32-18-14-12-17(13-15-18)24(30)28-29-23(19-8-4-6-10-21(19)26)27-22-11-7-5-9-20(22)25(29)31/h4-15H,2-3,16H2,1H3,(H,28,30). The van der Waals surface area contributed by atoms with Crippen LogP contribution in [0.3, 0.4) is 0 Å². The molecule has 4 aromatic rings. The van der Waals surface area contributed by atoms with Crippen LogP contribution in [0.1, 0.15) is 30.1 Å². The molecule has 1 N–H and O–H groups in total. The van der Waals surface area contributed by atoms with Crippen LogP contribution in [0.15, 0.2) is 77.6 Å². The molecule has 0 bridgehead atoms. The smallest absolute Gasteiger partial charge is 0.280 e. The van der Waals surface area contributed by atoms with Gasteiger partial charge in [0.05, 0.1) is 23.1 Å². The second-order valence-corrected chi connectivity index (χ2v) is 7.24. The Morgan fingerprint density at radius 2 is 1.75 bits per heavy atom. The largest absolute Gasteiger partial charge is 0.494 e. The first kappa shape index (κ1) is 21.2. The van der Waals surface area contributed by atoms with Crippen LogP contribution < -0.4 is 15.7 Å². The summed E-state index contributed by atoms with van der Waals surface area (Å²) < 4.78 is 21.2. The highest BCUT2D eigenvalue weighted by molar-refractivity contribution is 6.00. The van der Waals surface area contributed by atoms with Gasteiger partial charge in [0.2, 0.25) is 0 Å². The number of halogens is 1. The van der Waals surface area contributed by atoms with E-state index in [1.54, 1.807) is 60.7 Å². The average molecular weight is 431 g/mol. The molecule has 0 fully saturated rings. The molecule has 4 rings (SSSR count). The van der Waals surface area contributed by atoms with Crippen LogP contribution in [-0.4, -0.2) is 22.2 Å². The number of para-hydroxylation sites is 1. The van der Waals surface area contributed by atoms with Gasteiger partial charge in [-0.3, -0.25) is 15.0 Å². The maximum atomic E-state index is 14.5. The average Bonchev–Trinajstić information content (AvgIpc) is 2.82. The molecule has 0 unspecified atom stereocenters. The summed E-state index contributed by atoms with van der Waals surface area (Å²) in [6.45, 7) is 2.68. The molecule has 6 nitrogen and oxygen atoms in total. The van der Waals surface area contributed by atoms with E-state index in [-0.39, 0.29) is 11.4 Å². The van der Waals surface area contributed by atoms with Crippen molar-refractivity contribution in [3.8, 4) is 17.1 Å². The van der Waals surface area contributed by atoms with E-state index in [9.17, 15) is 14.0 Å². The summed E-state index contributed by atoms with van der Waals surface area (Å²) in [5.74, 6) is -0.403. The number of rotatable bonds is 7. The van der Waals surface area contributed by atoms with Gasteiger partial charge >= 0.3 is 0 Å². The van der Waals surface area contributed by atoms with Crippen molar-refractivity contribution in [1.82, 2.24) is 9.66 Å². The second kappa shape index (κ2) is 9.43. The van der Waals surface area contributed by atoms with Gasteiger partial charge in [0, 0.05) is 5.56 Å². The van der Waals surface area contributed by atoms with Gasteiger partial charge < -0.3 is 4.74 Å². The van der Waals surface area contributed by atoms with E-state index in [0.717, 1.165) is 17.5 Å². The van der Waals surface area contributed by atoms with Crippen LogP contribution >= 0.6 is 0 Å². The third-order valence-electron chi connectivity index (χ3n) is 4.99. The maximum absolute atomic E-state index is 14.5. The normalized spacial score (nSPS) is 10.8. The van der Waals surface area contributed by atoms with Crippen LogP contribution in [0.5, 0.6) is 5.75 Å². The van der Waals surface area contributed by atoms with E-state index >= 15 is 0 Å². The van der Waals surface area contributed by atoms with E-state index < -0.39 is 17.3 Å². The number of hydrogen-bond acceptors (Lipinski definition) is 4. The summed E-state index contributed by atoms with van der Waals surface area (Å²) >= 11 is 0. The lowest BCUT2D eigenvalue weighted by Gasteiger charge is -2.15. The lowest BCUT2D eigenvalue weighted by atomic mass is 10.1. The number of hydrogen-bond donors (Lipinski definition) is 1. The fourth-order valence-corrected chi connectivity index (χ4v) is 3.26. The second-order valence-electron chi connectivity index (χ2n) is 7.24. The highest BCUT2D eigenvalue weighted by Crippen LogP contribution is 2.21.